The van der Waals surface area contributed by atoms with Gasteiger partial charge in [-0.3, -0.25) is 0 Å². The molecule has 0 saturated carbocycles. The number of dihydropyridines is 1. The molecule has 1 aromatic rings. The molecular weight excluding hydrogens is 266 g/mol. The largest absolute Gasteiger partial charge is 0.302 e. The first kappa shape index (κ1) is 13.2. The lowest BCUT2D eigenvalue weighted by atomic mass is 9.83. The van der Waals surface area contributed by atoms with Gasteiger partial charge in [0.1, 0.15) is 10.9 Å². The van der Waals surface area contributed by atoms with Crippen molar-refractivity contribution in [2.45, 2.75) is 6.42 Å². The third kappa shape index (κ3) is 2.20. The Morgan fingerprint density at radius 2 is 2.10 bits per heavy atom. The molecule has 0 bridgehead atoms. The molecule has 2 aliphatic rings. The molecule has 1 atom stereocenters. The third-order valence-electron chi connectivity index (χ3n) is 3.83. The zero-order chi connectivity index (χ0) is 14.1. The molecule has 2 heterocycles. The van der Waals surface area contributed by atoms with E-state index in [0.29, 0.717) is 4.99 Å². The van der Waals surface area contributed by atoms with Crippen LogP contribution in [0.3, 0.4) is 0 Å². The zero-order valence-electron chi connectivity index (χ0n) is 11.3. The molecule has 1 fully saturated rings. The lowest BCUT2D eigenvalue weighted by Gasteiger charge is -2.32. The molecule has 0 spiro atoms. The zero-order valence-corrected chi connectivity index (χ0v) is 12.2. The van der Waals surface area contributed by atoms with Crippen molar-refractivity contribution >= 4 is 28.5 Å². The summed E-state index contributed by atoms with van der Waals surface area (Å²) in [6.45, 7) is 1.83. The molecule has 1 unspecified atom stereocenters. The first-order chi connectivity index (χ1) is 9.70. The molecule has 4 heteroatoms. The molecule has 0 aliphatic carbocycles. The van der Waals surface area contributed by atoms with E-state index in [9.17, 15) is 5.26 Å². The molecule has 2 aliphatic heterocycles. The summed E-state index contributed by atoms with van der Waals surface area (Å²) in [7, 11) is 2.10. The molecule has 100 valence electrons. The number of nitriles is 1. The van der Waals surface area contributed by atoms with Crippen molar-refractivity contribution in [3.63, 3.8) is 0 Å². The van der Waals surface area contributed by atoms with Crippen LogP contribution in [0.15, 0.2) is 40.9 Å². The van der Waals surface area contributed by atoms with E-state index < -0.39 is 5.92 Å². The molecular formula is C16H15N3S. The number of piperidine rings is 1. The van der Waals surface area contributed by atoms with Crippen molar-refractivity contribution in [2.24, 2.45) is 10.9 Å². The topological polar surface area (TPSA) is 39.4 Å². The summed E-state index contributed by atoms with van der Waals surface area (Å²) >= 11 is 5.34. The van der Waals surface area contributed by atoms with Gasteiger partial charge in [0.25, 0.3) is 0 Å². The summed E-state index contributed by atoms with van der Waals surface area (Å²) in [5, 5.41) is 9.49. The van der Waals surface area contributed by atoms with Crippen molar-refractivity contribution in [1.29, 1.82) is 5.26 Å². The van der Waals surface area contributed by atoms with Crippen molar-refractivity contribution in [3.05, 3.63) is 41.5 Å². The fraction of sp³-hybridized carbons (Fsp3) is 0.312. The fourth-order valence-corrected chi connectivity index (χ4v) is 3.11. The minimum atomic E-state index is -0.405. The van der Waals surface area contributed by atoms with Crippen LogP contribution in [0.1, 0.15) is 12.0 Å². The number of likely N-dealkylation sites (tertiary alicyclic amines) is 1. The molecule has 1 saturated heterocycles. The van der Waals surface area contributed by atoms with Crippen LogP contribution in [0.25, 0.3) is 5.57 Å². The minimum Gasteiger partial charge on any atom is -0.302 e. The normalized spacial score (nSPS) is 23.1. The molecule has 0 amide bonds. The number of rotatable bonds is 1. The Kier molecular flexibility index (Phi) is 3.47. The standard InChI is InChI=1S/C16H15N3S/c1-19-8-7-14-13(10-19)15(11-5-3-2-4-6-11)12(9-17)16(20)18-14/h2-6,12H,7-8,10H2,1H3. The van der Waals surface area contributed by atoms with Gasteiger partial charge in [0.2, 0.25) is 0 Å². The van der Waals surface area contributed by atoms with Gasteiger partial charge in [0, 0.05) is 25.2 Å². The third-order valence-corrected chi connectivity index (χ3v) is 4.15. The summed E-state index contributed by atoms with van der Waals surface area (Å²) in [5.41, 5.74) is 4.39. The predicted molar refractivity (Wildman–Crippen MR) is 84.6 cm³/mol. The van der Waals surface area contributed by atoms with Crippen molar-refractivity contribution < 1.29 is 0 Å². The van der Waals surface area contributed by atoms with Gasteiger partial charge in [0.15, 0.2) is 0 Å². The van der Waals surface area contributed by atoms with Gasteiger partial charge in [0.05, 0.1) is 6.07 Å². The van der Waals surface area contributed by atoms with Gasteiger partial charge in [-0.25, -0.2) is 4.99 Å². The molecule has 3 rings (SSSR count). The number of likely N-dealkylation sites (N-methyl/N-ethyl adjacent to an activating group) is 1. The maximum absolute atomic E-state index is 9.49. The quantitative estimate of drug-likeness (QED) is 0.743. The highest BCUT2D eigenvalue weighted by Gasteiger charge is 2.32. The van der Waals surface area contributed by atoms with Crippen LogP contribution in [0, 0.1) is 17.2 Å². The molecule has 0 radical (unpaired) electrons. The summed E-state index contributed by atoms with van der Waals surface area (Å²) in [6.07, 6.45) is 0.903. The maximum atomic E-state index is 9.49. The van der Waals surface area contributed by atoms with Crippen LogP contribution < -0.4 is 0 Å². The number of hydrogen-bond donors (Lipinski definition) is 0. The number of fused-ring (bicyclic) bond motifs is 1. The van der Waals surface area contributed by atoms with E-state index in [4.69, 9.17) is 12.2 Å². The van der Waals surface area contributed by atoms with Crippen LogP contribution in [-0.2, 0) is 0 Å². The van der Waals surface area contributed by atoms with Crippen LogP contribution in [0.5, 0.6) is 0 Å². The average molecular weight is 281 g/mol. The Labute approximate surface area is 124 Å². The average Bonchev–Trinajstić information content (AvgIpc) is 2.47. The van der Waals surface area contributed by atoms with E-state index in [2.05, 4.69) is 23.0 Å². The Balaban J connectivity index is 2.19. The van der Waals surface area contributed by atoms with Crippen LogP contribution in [0.4, 0.5) is 0 Å². The second-order valence-electron chi connectivity index (χ2n) is 5.20. The minimum absolute atomic E-state index is 0.405. The Hall–Kier alpha value is -1.83. The maximum Gasteiger partial charge on any atom is 0.125 e. The fourth-order valence-electron chi connectivity index (χ4n) is 2.83. The summed E-state index contributed by atoms with van der Waals surface area (Å²) < 4.78 is 0. The summed E-state index contributed by atoms with van der Waals surface area (Å²) in [6, 6.07) is 12.4. The van der Waals surface area contributed by atoms with E-state index in [-0.39, 0.29) is 0 Å². The lowest BCUT2D eigenvalue weighted by molar-refractivity contribution is 0.365. The number of aliphatic imine (C=N–C) groups is 1. The van der Waals surface area contributed by atoms with Crippen molar-refractivity contribution in [1.82, 2.24) is 4.90 Å². The first-order valence-corrected chi connectivity index (χ1v) is 7.10. The molecule has 0 N–H and O–H groups in total. The van der Waals surface area contributed by atoms with Gasteiger partial charge in [-0.15, -0.1) is 0 Å². The van der Waals surface area contributed by atoms with Gasteiger partial charge in [-0.2, -0.15) is 5.26 Å². The Morgan fingerprint density at radius 1 is 1.35 bits per heavy atom. The highest BCUT2D eigenvalue weighted by molar-refractivity contribution is 7.80. The second-order valence-corrected chi connectivity index (χ2v) is 5.62. The van der Waals surface area contributed by atoms with E-state index in [1.165, 1.54) is 5.57 Å². The van der Waals surface area contributed by atoms with Crippen molar-refractivity contribution in [2.75, 3.05) is 20.1 Å². The van der Waals surface area contributed by atoms with E-state index in [1.54, 1.807) is 0 Å². The van der Waals surface area contributed by atoms with Crippen molar-refractivity contribution in [3.8, 4) is 6.07 Å². The predicted octanol–water partition coefficient (Wildman–Crippen LogP) is 2.70. The highest BCUT2D eigenvalue weighted by Crippen LogP contribution is 2.35. The van der Waals surface area contributed by atoms with E-state index in [0.717, 1.165) is 36.4 Å². The molecule has 3 nitrogen and oxygen atoms in total. The molecule has 0 aromatic heterocycles. The van der Waals surface area contributed by atoms with Crippen LogP contribution in [-0.4, -0.2) is 35.7 Å². The lowest BCUT2D eigenvalue weighted by Crippen LogP contribution is -2.37. The number of hydrogen-bond acceptors (Lipinski definition) is 3. The monoisotopic (exact) mass is 281 g/mol. The SMILES string of the molecule is CN1CCC2=NC(=S)C(C#N)C(c3ccccc3)=C2C1. The van der Waals surface area contributed by atoms with Gasteiger partial charge in [-0.05, 0) is 23.8 Å². The number of benzene rings is 1. The Morgan fingerprint density at radius 3 is 2.80 bits per heavy atom. The smallest absolute Gasteiger partial charge is 0.125 e. The summed E-state index contributed by atoms with van der Waals surface area (Å²) in [4.78, 5) is 7.28. The van der Waals surface area contributed by atoms with E-state index >= 15 is 0 Å². The summed E-state index contributed by atoms with van der Waals surface area (Å²) in [5.74, 6) is -0.405. The number of thiocarbonyl (C=S) groups is 1. The second kappa shape index (κ2) is 5.28. The Bertz CT molecular complexity index is 652. The van der Waals surface area contributed by atoms with E-state index in [1.807, 2.05) is 30.3 Å². The van der Waals surface area contributed by atoms with Crippen LogP contribution >= 0.6 is 12.2 Å². The highest BCUT2D eigenvalue weighted by atomic mass is 32.1. The van der Waals surface area contributed by atoms with Gasteiger partial charge < -0.3 is 4.90 Å². The molecule has 20 heavy (non-hydrogen) atoms. The molecule has 1 aromatic carbocycles. The first-order valence-electron chi connectivity index (χ1n) is 6.69. The number of nitrogens with zero attached hydrogens (tertiary/aromatic N) is 3. The van der Waals surface area contributed by atoms with Gasteiger partial charge in [-0.1, -0.05) is 42.5 Å². The van der Waals surface area contributed by atoms with Crippen LogP contribution in [0.2, 0.25) is 0 Å². The van der Waals surface area contributed by atoms with Gasteiger partial charge >= 0.3 is 0 Å².